The first-order chi connectivity index (χ1) is 7.88. The molecular formula is C9H19N2O6P. The topological polar surface area (TPSA) is 119 Å². The van der Waals surface area contributed by atoms with E-state index in [-0.39, 0.29) is 0 Å². The molecule has 0 aromatic carbocycles. The minimum Gasteiger partial charge on any atom is -0.313 e. The molecule has 8 nitrogen and oxygen atoms in total. The summed E-state index contributed by atoms with van der Waals surface area (Å²) in [4.78, 5) is 28.8. The molecule has 0 aromatic rings. The number of carbonyl (C=O) groups is 1. The number of rotatable bonds is 3. The van der Waals surface area contributed by atoms with Crippen molar-refractivity contribution in [1.82, 2.24) is 10.5 Å². The molecule has 0 aromatic heterocycles. The fourth-order valence-electron chi connectivity index (χ4n) is 2.35. The summed E-state index contributed by atoms with van der Waals surface area (Å²) in [5.74, 6) is -1.32. The number of nitrogens with one attached hydrogen (secondary N) is 1. The lowest BCUT2D eigenvalue weighted by Crippen LogP contribution is -2.49. The van der Waals surface area contributed by atoms with Gasteiger partial charge in [0.15, 0.2) is 0 Å². The summed E-state index contributed by atoms with van der Waals surface area (Å²) in [5, 5.41) is 11.1. The van der Waals surface area contributed by atoms with E-state index in [0.29, 0.717) is 6.42 Å². The Morgan fingerprint density at radius 3 is 2.22 bits per heavy atom. The average molecular weight is 282 g/mol. The number of hydrogen-bond acceptors (Lipinski definition) is 5. The molecule has 1 aliphatic rings. The highest BCUT2D eigenvalue weighted by molar-refractivity contribution is 7.46. The van der Waals surface area contributed by atoms with Gasteiger partial charge in [-0.2, -0.15) is 9.69 Å². The van der Waals surface area contributed by atoms with Crippen LogP contribution in [0.15, 0.2) is 0 Å². The van der Waals surface area contributed by atoms with Gasteiger partial charge in [-0.1, -0.05) is 0 Å². The molecule has 1 fully saturated rings. The van der Waals surface area contributed by atoms with Gasteiger partial charge in [0.2, 0.25) is 5.91 Å². The van der Waals surface area contributed by atoms with E-state index < -0.39 is 30.7 Å². The molecule has 1 aliphatic heterocycles. The van der Waals surface area contributed by atoms with Crippen LogP contribution in [-0.2, 0) is 14.0 Å². The largest absolute Gasteiger partial charge is 0.491 e. The van der Waals surface area contributed by atoms with Crippen molar-refractivity contribution < 1.29 is 29.0 Å². The normalized spacial score (nSPS) is 27.2. The molecule has 1 saturated heterocycles. The fraction of sp³-hybridized carbons (Fsp3) is 0.889. The van der Waals surface area contributed by atoms with Crippen molar-refractivity contribution in [2.45, 2.75) is 45.2 Å². The van der Waals surface area contributed by atoms with E-state index in [9.17, 15) is 14.6 Å². The van der Waals surface area contributed by atoms with Crippen LogP contribution in [0.1, 0.15) is 34.1 Å². The minimum atomic E-state index is -4.76. The van der Waals surface area contributed by atoms with E-state index in [4.69, 9.17) is 9.79 Å². The Morgan fingerprint density at radius 1 is 1.39 bits per heavy atom. The van der Waals surface area contributed by atoms with Crippen LogP contribution < -0.4 is 5.48 Å². The van der Waals surface area contributed by atoms with Crippen LogP contribution in [0.3, 0.4) is 0 Å². The van der Waals surface area contributed by atoms with E-state index in [1.807, 2.05) is 0 Å². The van der Waals surface area contributed by atoms with Crippen LogP contribution in [0.25, 0.3) is 0 Å². The van der Waals surface area contributed by atoms with Gasteiger partial charge < -0.3 is 15.0 Å². The number of hydrogen-bond donors (Lipinski definition) is 4. The summed E-state index contributed by atoms with van der Waals surface area (Å²) in [7, 11) is -4.76. The number of hydroxylamine groups is 3. The lowest BCUT2D eigenvalue weighted by molar-refractivity contribution is -0.197. The first-order valence-corrected chi connectivity index (χ1v) is 6.94. The zero-order chi connectivity index (χ0) is 14.4. The van der Waals surface area contributed by atoms with Crippen molar-refractivity contribution in [1.29, 1.82) is 0 Å². The molecule has 4 N–H and O–H groups in total. The van der Waals surface area contributed by atoms with Crippen molar-refractivity contribution >= 4 is 13.7 Å². The average Bonchev–Trinajstić information content (AvgIpc) is 2.34. The number of nitrogens with zero attached hydrogens (tertiary/aromatic N) is 1. The highest BCUT2D eigenvalue weighted by Crippen LogP contribution is 2.44. The summed E-state index contributed by atoms with van der Waals surface area (Å²) in [6.07, 6.45) is 0.340. The predicted octanol–water partition coefficient (Wildman–Crippen LogP) is 0.395. The SMILES string of the molecule is CC1(C)CC(C(=O)NOP(=O)(O)O)C(C)(C)N1O. The molecule has 0 saturated carbocycles. The maximum Gasteiger partial charge on any atom is 0.491 e. The standard InChI is InChI=1S/C9H19N2O6P/c1-8(2)5-6(9(3,4)11(8)13)7(12)10-17-18(14,15)16/h6,13H,5H2,1-4H3,(H,10,12)(H2,14,15,16). The second-order valence-electron chi connectivity index (χ2n) is 5.58. The summed E-state index contributed by atoms with van der Waals surface area (Å²) in [6, 6.07) is 0. The summed E-state index contributed by atoms with van der Waals surface area (Å²) >= 11 is 0. The van der Waals surface area contributed by atoms with Crippen LogP contribution >= 0.6 is 7.82 Å². The van der Waals surface area contributed by atoms with Crippen LogP contribution in [-0.4, -0.2) is 37.0 Å². The minimum absolute atomic E-state index is 0.340. The van der Waals surface area contributed by atoms with Crippen molar-refractivity contribution in [3.8, 4) is 0 Å². The van der Waals surface area contributed by atoms with Gasteiger partial charge >= 0.3 is 7.82 Å². The summed E-state index contributed by atoms with van der Waals surface area (Å²) in [6.45, 7) is 6.88. The molecule has 0 spiro atoms. The Hall–Kier alpha value is -0.500. The highest BCUT2D eigenvalue weighted by atomic mass is 31.2. The quantitative estimate of drug-likeness (QED) is 0.436. The zero-order valence-electron chi connectivity index (χ0n) is 10.7. The second kappa shape index (κ2) is 4.56. The lowest BCUT2D eigenvalue weighted by Gasteiger charge is -2.35. The summed E-state index contributed by atoms with van der Waals surface area (Å²) < 4.78 is 14.5. The van der Waals surface area contributed by atoms with Crippen molar-refractivity contribution in [3.05, 3.63) is 0 Å². The third-order valence-corrected chi connectivity index (χ3v) is 3.59. The van der Waals surface area contributed by atoms with Crippen molar-refractivity contribution in [2.75, 3.05) is 0 Å². The van der Waals surface area contributed by atoms with Gasteiger partial charge in [0, 0.05) is 5.54 Å². The molecule has 1 rings (SSSR count). The van der Waals surface area contributed by atoms with Crippen molar-refractivity contribution in [3.63, 3.8) is 0 Å². The molecule has 1 heterocycles. The maximum absolute atomic E-state index is 11.8. The molecule has 1 atom stereocenters. The molecular weight excluding hydrogens is 263 g/mol. The summed E-state index contributed by atoms with van der Waals surface area (Å²) in [5.41, 5.74) is 0.280. The zero-order valence-corrected chi connectivity index (χ0v) is 11.6. The third kappa shape index (κ3) is 3.09. The number of amides is 1. The van der Waals surface area contributed by atoms with E-state index >= 15 is 0 Å². The Balaban J connectivity index is 2.79. The molecule has 0 radical (unpaired) electrons. The monoisotopic (exact) mass is 282 g/mol. The van der Waals surface area contributed by atoms with Gasteiger partial charge in [-0.15, -0.1) is 0 Å². The van der Waals surface area contributed by atoms with Gasteiger partial charge in [-0.25, -0.2) is 10.0 Å². The van der Waals surface area contributed by atoms with Gasteiger partial charge in [0.25, 0.3) is 0 Å². The smallest absolute Gasteiger partial charge is 0.313 e. The second-order valence-corrected chi connectivity index (χ2v) is 6.75. The van der Waals surface area contributed by atoms with E-state index in [1.165, 1.54) is 0 Å². The van der Waals surface area contributed by atoms with E-state index in [1.54, 1.807) is 33.2 Å². The highest BCUT2D eigenvalue weighted by Gasteiger charge is 2.54. The molecule has 1 unspecified atom stereocenters. The van der Waals surface area contributed by atoms with E-state index in [2.05, 4.69) is 4.62 Å². The Kier molecular flexibility index (Phi) is 3.94. The van der Waals surface area contributed by atoms with Crippen LogP contribution in [0.4, 0.5) is 0 Å². The molecule has 106 valence electrons. The van der Waals surface area contributed by atoms with E-state index in [0.717, 1.165) is 5.06 Å². The van der Waals surface area contributed by atoms with Crippen LogP contribution in [0, 0.1) is 5.92 Å². The Bertz CT molecular complexity index is 391. The molecule has 0 bridgehead atoms. The first kappa shape index (κ1) is 15.6. The van der Waals surface area contributed by atoms with Crippen LogP contribution in [0.2, 0.25) is 0 Å². The fourth-order valence-corrected chi connectivity index (χ4v) is 2.56. The lowest BCUT2D eigenvalue weighted by atomic mass is 9.86. The molecule has 1 amide bonds. The van der Waals surface area contributed by atoms with Gasteiger partial charge in [-0.3, -0.25) is 4.79 Å². The molecule has 18 heavy (non-hydrogen) atoms. The van der Waals surface area contributed by atoms with Crippen LogP contribution in [0.5, 0.6) is 0 Å². The number of phosphoric acid groups is 1. The predicted molar refractivity (Wildman–Crippen MR) is 61.2 cm³/mol. The Morgan fingerprint density at radius 2 is 1.89 bits per heavy atom. The molecule has 9 heteroatoms. The molecule has 0 aliphatic carbocycles. The van der Waals surface area contributed by atoms with Gasteiger partial charge in [0.05, 0.1) is 11.5 Å². The van der Waals surface area contributed by atoms with Gasteiger partial charge in [-0.05, 0) is 34.1 Å². The van der Waals surface area contributed by atoms with Gasteiger partial charge in [0.1, 0.15) is 0 Å². The number of carbonyl (C=O) groups excluding carboxylic acids is 1. The van der Waals surface area contributed by atoms with Crippen molar-refractivity contribution in [2.24, 2.45) is 5.92 Å². The third-order valence-electron chi connectivity index (χ3n) is 3.26. The first-order valence-electron chi connectivity index (χ1n) is 5.41. The Labute approximate surface area is 105 Å². The maximum atomic E-state index is 11.8.